The number of benzene rings is 1. The largest absolute Gasteiger partial charge is 0.383 e. The van der Waals surface area contributed by atoms with Crippen LogP contribution in [0.1, 0.15) is 24.5 Å². The molecule has 6 heteroatoms. The number of hydrogen-bond acceptors (Lipinski definition) is 4. The highest BCUT2D eigenvalue weighted by molar-refractivity contribution is 5.89. The van der Waals surface area contributed by atoms with Crippen molar-refractivity contribution >= 4 is 11.8 Å². The van der Waals surface area contributed by atoms with Gasteiger partial charge in [0.05, 0.1) is 19.1 Å². The second kappa shape index (κ2) is 8.64. The van der Waals surface area contributed by atoms with Gasteiger partial charge in [-0.3, -0.25) is 14.5 Å². The van der Waals surface area contributed by atoms with Gasteiger partial charge in [-0.1, -0.05) is 24.3 Å². The van der Waals surface area contributed by atoms with E-state index in [1.165, 1.54) is 11.1 Å². The number of ether oxygens (including phenoxy) is 1. The first-order chi connectivity index (χ1) is 12.6. The van der Waals surface area contributed by atoms with Crippen molar-refractivity contribution in [1.29, 1.82) is 0 Å². The zero-order valence-electron chi connectivity index (χ0n) is 15.7. The molecule has 142 valence electrons. The highest BCUT2D eigenvalue weighted by Crippen LogP contribution is 2.28. The summed E-state index contributed by atoms with van der Waals surface area (Å²) in [4.78, 5) is 29.3. The summed E-state index contributed by atoms with van der Waals surface area (Å²) in [5.74, 6) is -0.00420. The van der Waals surface area contributed by atoms with E-state index >= 15 is 0 Å². The van der Waals surface area contributed by atoms with Crippen molar-refractivity contribution in [2.45, 2.75) is 38.3 Å². The van der Waals surface area contributed by atoms with E-state index in [4.69, 9.17) is 4.74 Å². The van der Waals surface area contributed by atoms with E-state index in [1.807, 2.05) is 6.92 Å². The van der Waals surface area contributed by atoms with Gasteiger partial charge in [-0.25, -0.2) is 0 Å². The standard InChI is InChI=1S/C20H29N3O3/c1-3-22(10-11-26-2)19(24)14-18-20(25)21-8-9-23(18)17-12-15-6-4-5-7-16(15)13-17/h4-7,17-18H,3,8-14H2,1-2H3,(H,21,25)/t18-/m0/s1. The molecule has 0 aromatic heterocycles. The third-order valence-electron chi connectivity index (χ3n) is 5.54. The molecule has 1 fully saturated rings. The maximum absolute atomic E-state index is 12.7. The molecule has 1 N–H and O–H groups in total. The summed E-state index contributed by atoms with van der Waals surface area (Å²) in [5.41, 5.74) is 2.73. The Balaban J connectivity index is 1.69. The molecular formula is C20H29N3O3. The number of fused-ring (bicyclic) bond motifs is 1. The van der Waals surface area contributed by atoms with Crippen molar-refractivity contribution in [1.82, 2.24) is 15.1 Å². The molecule has 1 atom stereocenters. The molecule has 1 saturated heterocycles. The predicted molar refractivity (Wildman–Crippen MR) is 99.9 cm³/mol. The minimum Gasteiger partial charge on any atom is -0.383 e. The number of carbonyl (C=O) groups is 2. The van der Waals surface area contributed by atoms with E-state index in [-0.39, 0.29) is 24.3 Å². The van der Waals surface area contributed by atoms with Crippen molar-refractivity contribution in [2.75, 3.05) is 39.9 Å². The second-order valence-corrected chi connectivity index (χ2v) is 7.05. The summed E-state index contributed by atoms with van der Waals surface area (Å²) in [5, 5.41) is 2.94. The van der Waals surface area contributed by atoms with Crippen molar-refractivity contribution in [2.24, 2.45) is 0 Å². The normalized spacial score (nSPS) is 20.7. The molecule has 0 spiro atoms. The lowest BCUT2D eigenvalue weighted by molar-refractivity contribution is -0.140. The summed E-state index contributed by atoms with van der Waals surface area (Å²) in [7, 11) is 1.63. The molecule has 0 unspecified atom stereocenters. The number of nitrogens with one attached hydrogen (secondary N) is 1. The summed E-state index contributed by atoms with van der Waals surface area (Å²) in [6, 6.07) is 8.39. The van der Waals surface area contributed by atoms with Gasteiger partial charge in [0, 0.05) is 39.3 Å². The Hall–Kier alpha value is -1.92. The van der Waals surface area contributed by atoms with E-state index in [9.17, 15) is 9.59 Å². The monoisotopic (exact) mass is 359 g/mol. The van der Waals surface area contributed by atoms with E-state index in [0.717, 1.165) is 19.4 Å². The fourth-order valence-electron chi connectivity index (χ4n) is 4.10. The lowest BCUT2D eigenvalue weighted by Crippen LogP contribution is -2.60. The molecule has 0 radical (unpaired) electrons. The number of rotatable bonds is 7. The average Bonchev–Trinajstić information content (AvgIpc) is 3.08. The number of amides is 2. The molecule has 1 aliphatic heterocycles. The van der Waals surface area contributed by atoms with Gasteiger partial charge in [-0.2, -0.15) is 0 Å². The number of nitrogens with zero attached hydrogens (tertiary/aromatic N) is 2. The first-order valence-corrected chi connectivity index (χ1v) is 9.51. The van der Waals surface area contributed by atoms with E-state index in [2.05, 4.69) is 34.5 Å². The van der Waals surface area contributed by atoms with Crippen LogP contribution in [-0.4, -0.2) is 73.6 Å². The molecule has 3 rings (SSSR count). The molecule has 1 heterocycles. The average molecular weight is 359 g/mol. The fraction of sp³-hybridized carbons (Fsp3) is 0.600. The van der Waals surface area contributed by atoms with Gasteiger partial charge in [0.25, 0.3) is 0 Å². The summed E-state index contributed by atoms with van der Waals surface area (Å²) >= 11 is 0. The number of piperazine rings is 1. The Morgan fingerprint density at radius 1 is 1.31 bits per heavy atom. The summed E-state index contributed by atoms with van der Waals surface area (Å²) in [6.45, 7) is 5.11. The molecule has 2 amide bonds. The quantitative estimate of drug-likeness (QED) is 0.784. The maximum Gasteiger partial charge on any atom is 0.237 e. The Bertz CT molecular complexity index is 624. The first-order valence-electron chi connectivity index (χ1n) is 9.51. The van der Waals surface area contributed by atoms with Crippen LogP contribution in [-0.2, 0) is 27.2 Å². The smallest absolute Gasteiger partial charge is 0.237 e. The van der Waals surface area contributed by atoms with Crippen molar-refractivity contribution < 1.29 is 14.3 Å². The molecular weight excluding hydrogens is 330 g/mol. The molecule has 1 aromatic carbocycles. The molecule has 26 heavy (non-hydrogen) atoms. The minimum absolute atomic E-state index is 0.0205. The van der Waals surface area contributed by atoms with Gasteiger partial charge in [-0.05, 0) is 30.9 Å². The maximum atomic E-state index is 12.7. The summed E-state index contributed by atoms with van der Waals surface area (Å²) in [6.07, 6.45) is 2.14. The van der Waals surface area contributed by atoms with Crippen LogP contribution in [0.3, 0.4) is 0 Å². The second-order valence-electron chi connectivity index (χ2n) is 7.05. The van der Waals surface area contributed by atoms with Crippen molar-refractivity contribution in [3.05, 3.63) is 35.4 Å². The van der Waals surface area contributed by atoms with Crippen LogP contribution in [0.15, 0.2) is 24.3 Å². The third-order valence-corrected chi connectivity index (χ3v) is 5.54. The van der Waals surface area contributed by atoms with Crippen molar-refractivity contribution in [3.8, 4) is 0 Å². The van der Waals surface area contributed by atoms with E-state index < -0.39 is 0 Å². The van der Waals surface area contributed by atoms with Gasteiger partial charge in [0.1, 0.15) is 0 Å². The van der Waals surface area contributed by atoms with Crippen LogP contribution in [0.25, 0.3) is 0 Å². The van der Waals surface area contributed by atoms with Crippen LogP contribution in [0.5, 0.6) is 0 Å². The Labute approximate surface area is 155 Å². The molecule has 1 aromatic rings. The lowest BCUT2D eigenvalue weighted by atomic mass is 10.0. The van der Waals surface area contributed by atoms with Crippen molar-refractivity contribution in [3.63, 3.8) is 0 Å². The third kappa shape index (κ3) is 4.07. The zero-order valence-corrected chi connectivity index (χ0v) is 15.7. The van der Waals surface area contributed by atoms with Crippen LogP contribution < -0.4 is 5.32 Å². The SMILES string of the molecule is CCN(CCOC)C(=O)C[C@H]1C(=O)NCCN1C1Cc2ccccc2C1. The van der Waals surface area contributed by atoms with Crippen LogP contribution in [0.4, 0.5) is 0 Å². The highest BCUT2D eigenvalue weighted by atomic mass is 16.5. The Morgan fingerprint density at radius 2 is 2.00 bits per heavy atom. The van der Waals surface area contributed by atoms with Gasteiger partial charge < -0.3 is 15.0 Å². The molecule has 0 bridgehead atoms. The summed E-state index contributed by atoms with van der Waals surface area (Å²) < 4.78 is 5.09. The Kier molecular flexibility index (Phi) is 6.27. The van der Waals surface area contributed by atoms with Gasteiger partial charge >= 0.3 is 0 Å². The highest BCUT2D eigenvalue weighted by Gasteiger charge is 2.38. The molecule has 0 saturated carbocycles. The van der Waals surface area contributed by atoms with Crippen LogP contribution >= 0.6 is 0 Å². The van der Waals surface area contributed by atoms with Crippen LogP contribution in [0, 0.1) is 0 Å². The van der Waals surface area contributed by atoms with E-state index in [0.29, 0.717) is 32.3 Å². The molecule has 2 aliphatic rings. The van der Waals surface area contributed by atoms with Gasteiger partial charge in [0.2, 0.25) is 11.8 Å². The number of likely N-dealkylation sites (N-methyl/N-ethyl adjacent to an activating group) is 1. The predicted octanol–water partition coefficient (Wildman–Crippen LogP) is 0.839. The molecule has 1 aliphatic carbocycles. The minimum atomic E-state index is -0.382. The first kappa shape index (κ1) is 18.9. The van der Waals surface area contributed by atoms with Crippen LogP contribution in [0.2, 0.25) is 0 Å². The number of methoxy groups -OCH3 is 1. The Morgan fingerprint density at radius 3 is 2.62 bits per heavy atom. The number of carbonyl (C=O) groups excluding carboxylic acids is 2. The van der Waals surface area contributed by atoms with E-state index in [1.54, 1.807) is 12.0 Å². The molecule has 6 nitrogen and oxygen atoms in total. The topological polar surface area (TPSA) is 61.9 Å². The fourth-order valence-corrected chi connectivity index (χ4v) is 4.10. The number of hydrogen-bond donors (Lipinski definition) is 1. The zero-order chi connectivity index (χ0) is 18.5. The lowest BCUT2D eigenvalue weighted by Gasteiger charge is -2.39. The van der Waals surface area contributed by atoms with Gasteiger partial charge in [0.15, 0.2) is 0 Å². The van der Waals surface area contributed by atoms with Gasteiger partial charge in [-0.15, -0.1) is 0 Å².